The number of benzene rings is 2. The van der Waals surface area contributed by atoms with E-state index in [0.717, 1.165) is 23.1 Å². The Morgan fingerprint density at radius 1 is 1.19 bits per heavy atom. The van der Waals surface area contributed by atoms with Gasteiger partial charge in [-0.25, -0.2) is 18.7 Å². The van der Waals surface area contributed by atoms with Crippen LogP contribution in [-0.4, -0.2) is 50.4 Å². The number of carbonyl (C=O) groups excluding carboxylic acids is 1. The van der Waals surface area contributed by atoms with Crippen LogP contribution in [0.25, 0.3) is 16.6 Å². The van der Waals surface area contributed by atoms with E-state index in [9.17, 15) is 22.4 Å². The lowest BCUT2D eigenvalue weighted by Crippen LogP contribution is -2.49. The number of nitrogen functional groups attached to an aromatic ring is 1. The van der Waals surface area contributed by atoms with Gasteiger partial charge in [-0.1, -0.05) is 0 Å². The number of hydrogen-bond donors (Lipinski definition) is 1. The molecule has 186 valence electrons. The molecule has 0 radical (unpaired) electrons. The maximum atomic E-state index is 15.1. The van der Waals surface area contributed by atoms with E-state index >= 15 is 4.39 Å². The zero-order valence-electron chi connectivity index (χ0n) is 18.2. The first-order chi connectivity index (χ1) is 17.1. The number of imidazole rings is 1. The van der Waals surface area contributed by atoms with Gasteiger partial charge in [0, 0.05) is 24.1 Å². The fraction of sp³-hybridized carbons (Fsp3) is 0.261. The van der Waals surface area contributed by atoms with Crippen LogP contribution < -0.4 is 15.2 Å². The Morgan fingerprint density at radius 3 is 2.78 bits per heavy atom. The molecule has 0 bridgehead atoms. The number of rotatable bonds is 2. The predicted molar refractivity (Wildman–Crippen MR) is 116 cm³/mol. The van der Waals surface area contributed by atoms with E-state index in [1.165, 1.54) is 24.7 Å². The third kappa shape index (κ3) is 3.53. The molecule has 0 spiro atoms. The van der Waals surface area contributed by atoms with E-state index in [1.54, 1.807) is 4.40 Å². The number of alkyl halides is 4. The fourth-order valence-corrected chi connectivity index (χ4v) is 4.91. The maximum Gasteiger partial charge on any atom is 0.573 e. The average molecular weight is 505 g/mol. The lowest BCUT2D eigenvalue weighted by Gasteiger charge is -2.38. The molecule has 2 aromatic carbocycles. The quantitative estimate of drug-likeness (QED) is 0.411. The van der Waals surface area contributed by atoms with Crippen molar-refractivity contribution in [3.05, 3.63) is 59.8 Å². The molecule has 0 aliphatic carbocycles. The largest absolute Gasteiger partial charge is 0.573 e. The third-order valence-electron chi connectivity index (χ3n) is 6.34. The first kappa shape index (κ1) is 22.3. The van der Waals surface area contributed by atoms with Crippen LogP contribution in [0.15, 0.2) is 42.9 Å². The third-order valence-corrected chi connectivity index (χ3v) is 6.34. The molecule has 1 amide bonds. The predicted octanol–water partition coefficient (Wildman–Crippen LogP) is 4.19. The summed E-state index contributed by atoms with van der Waals surface area (Å²) in [6, 6.07) is 4.99. The van der Waals surface area contributed by atoms with Crippen LogP contribution in [0.4, 0.5) is 27.8 Å². The number of amides is 1. The van der Waals surface area contributed by atoms with E-state index in [1.807, 2.05) is 0 Å². The molecular weight excluding hydrogens is 489 g/mol. The molecule has 1 saturated heterocycles. The molecular formula is C23H16F5N5O3. The summed E-state index contributed by atoms with van der Waals surface area (Å²) >= 11 is 0. The van der Waals surface area contributed by atoms with Crippen LogP contribution in [0.3, 0.4) is 0 Å². The van der Waals surface area contributed by atoms with Gasteiger partial charge >= 0.3 is 6.36 Å². The molecule has 1 fully saturated rings. The minimum absolute atomic E-state index is 0.0393. The number of nitrogens with zero attached hydrogens (tertiary/aromatic N) is 4. The van der Waals surface area contributed by atoms with Crippen molar-refractivity contribution in [1.29, 1.82) is 0 Å². The average Bonchev–Trinajstić information content (AvgIpc) is 3.41. The highest BCUT2D eigenvalue weighted by molar-refractivity contribution is 5.99. The molecule has 4 aromatic rings. The summed E-state index contributed by atoms with van der Waals surface area (Å²) in [6.07, 6.45) is -4.42. The number of likely N-dealkylation sites (tertiary alicyclic amines) is 1. The second-order valence-corrected chi connectivity index (χ2v) is 8.61. The van der Waals surface area contributed by atoms with Crippen LogP contribution in [0.1, 0.15) is 28.4 Å². The lowest BCUT2D eigenvalue weighted by molar-refractivity contribution is -0.274. The molecule has 2 aliphatic rings. The number of fused-ring (bicyclic) bond motifs is 6. The smallest absolute Gasteiger partial charge is 0.487 e. The molecule has 2 aliphatic heterocycles. The molecule has 0 unspecified atom stereocenters. The van der Waals surface area contributed by atoms with E-state index in [-0.39, 0.29) is 35.6 Å². The van der Waals surface area contributed by atoms with E-state index < -0.39 is 42.2 Å². The number of nitrogens with two attached hydrogens (primary N) is 1. The molecule has 2 N–H and O–H groups in total. The Kier molecular flexibility index (Phi) is 4.75. The zero-order valence-corrected chi connectivity index (χ0v) is 18.2. The second-order valence-electron chi connectivity index (χ2n) is 8.61. The minimum atomic E-state index is -4.90. The fourth-order valence-electron chi connectivity index (χ4n) is 4.91. The minimum Gasteiger partial charge on any atom is -0.487 e. The highest BCUT2D eigenvalue weighted by Gasteiger charge is 2.47. The molecule has 36 heavy (non-hydrogen) atoms. The van der Waals surface area contributed by atoms with Gasteiger partial charge in [-0.3, -0.25) is 9.20 Å². The number of aromatic nitrogens is 3. The molecule has 8 nitrogen and oxygen atoms in total. The van der Waals surface area contributed by atoms with Gasteiger partial charge in [-0.15, -0.1) is 13.2 Å². The maximum absolute atomic E-state index is 15.1. The number of halogens is 5. The Labute approximate surface area is 199 Å². The Bertz CT molecular complexity index is 1540. The molecule has 6 rings (SSSR count). The van der Waals surface area contributed by atoms with Crippen molar-refractivity contribution < 1.29 is 36.2 Å². The number of hydrogen-bond acceptors (Lipinski definition) is 6. The number of piperidine rings is 1. The molecule has 2 aromatic heterocycles. The standard InChI is InChI=1S/C23H16F5N5O3/c24-10-3-19-20(12-2-1-11(4-18(12)35-19)36-23(26,27)28)32(8-10)22(34)13-5-16-15(6-14(13)25)31-21(29)17-7-30-9-33(16)17/h1-2,4-7,9-10,19-20H,3,8H2,(H2,29,31)/t10-,19-,20-/m0/s1. The van der Waals surface area contributed by atoms with Crippen molar-refractivity contribution >= 4 is 28.3 Å². The summed E-state index contributed by atoms with van der Waals surface area (Å²) < 4.78 is 78.9. The number of ether oxygens (including phenoxy) is 2. The van der Waals surface area contributed by atoms with Gasteiger partial charge < -0.3 is 20.1 Å². The van der Waals surface area contributed by atoms with Crippen molar-refractivity contribution in [2.45, 2.75) is 31.1 Å². The highest BCUT2D eigenvalue weighted by Crippen LogP contribution is 2.47. The summed E-state index contributed by atoms with van der Waals surface area (Å²) in [5.41, 5.74) is 6.96. The summed E-state index contributed by atoms with van der Waals surface area (Å²) in [6.45, 7) is -0.346. The second kappa shape index (κ2) is 7.67. The van der Waals surface area contributed by atoms with Gasteiger partial charge in [-0.2, -0.15) is 0 Å². The van der Waals surface area contributed by atoms with Crippen LogP contribution in [-0.2, 0) is 0 Å². The topological polar surface area (TPSA) is 95.0 Å². The van der Waals surface area contributed by atoms with E-state index in [2.05, 4.69) is 14.7 Å². The van der Waals surface area contributed by atoms with Crippen molar-refractivity contribution in [3.8, 4) is 11.5 Å². The van der Waals surface area contributed by atoms with Gasteiger partial charge in [0.25, 0.3) is 5.91 Å². The summed E-state index contributed by atoms with van der Waals surface area (Å²) in [7, 11) is 0. The molecule has 0 saturated carbocycles. The van der Waals surface area contributed by atoms with Gasteiger partial charge in [0.1, 0.15) is 40.9 Å². The first-order valence-corrected chi connectivity index (χ1v) is 10.8. The normalized spacial score (nSPS) is 21.4. The highest BCUT2D eigenvalue weighted by atomic mass is 19.4. The lowest BCUT2D eigenvalue weighted by atomic mass is 9.92. The number of anilines is 1. The molecule has 13 heteroatoms. The zero-order chi connectivity index (χ0) is 25.4. The van der Waals surface area contributed by atoms with Crippen LogP contribution in [0, 0.1) is 5.82 Å². The van der Waals surface area contributed by atoms with Gasteiger partial charge in [0.05, 0.1) is 41.7 Å². The van der Waals surface area contributed by atoms with Gasteiger partial charge in [-0.05, 0) is 18.2 Å². The van der Waals surface area contributed by atoms with Crippen molar-refractivity contribution in [2.24, 2.45) is 0 Å². The monoisotopic (exact) mass is 505 g/mol. The van der Waals surface area contributed by atoms with Crippen molar-refractivity contribution in [2.75, 3.05) is 12.3 Å². The van der Waals surface area contributed by atoms with Crippen LogP contribution in [0.2, 0.25) is 0 Å². The van der Waals surface area contributed by atoms with Gasteiger partial charge in [0.2, 0.25) is 0 Å². The molecule has 3 atom stereocenters. The first-order valence-electron chi connectivity index (χ1n) is 10.8. The summed E-state index contributed by atoms with van der Waals surface area (Å²) in [4.78, 5) is 22.9. The summed E-state index contributed by atoms with van der Waals surface area (Å²) in [5.74, 6) is -2.02. The van der Waals surface area contributed by atoms with Crippen LogP contribution in [0.5, 0.6) is 11.5 Å². The van der Waals surface area contributed by atoms with Crippen LogP contribution >= 0.6 is 0 Å². The van der Waals surface area contributed by atoms with Crippen molar-refractivity contribution in [1.82, 2.24) is 19.3 Å². The van der Waals surface area contributed by atoms with E-state index in [4.69, 9.17) is 10.5 Å². The van der Waals surface area contributed by atoms with E-state index in [0.29, 0.717) is 16.6 Å². The Morgan fingerprint density at radius 2 is 2.00 bits per heavy atom. The SMILES string of the molecule is Nc1nc2cc(F)c(C(=O)N3C[C@@H](F)C[C@@H]4Oc5cc(OC(F)(F)F)ccc5[C@@H]43)cc2n2cncc12. The summed E-state index contributed by atoms with van der Waals surface area (Å²) in [5, 5.41) is 0. The Balaban J connectivity index is 1.41. The Hall–Kier alpha value is -4.16. The van der Waals surface area contributed by atoms with Crippen molar-refractivity contribution in [3.63, 3.8) is 0 Å². The van der Waals surface area contributed by atoms with Gasteiger partial charge in [0.15, 0.2) is 0 Å². The number of carbonyl (C=O) groups is 1. The molecule has 4 heterocycles.